The molecule has 1 N–H and O–H groups in total. The first-order valence-electron chi connectivity index (χ1n) is 14.7. The maximum atomic E-state index is 13.9. The Bertz CT molecular complexity index is 1230. The Hall–Kier alpha value is -3.47. The van der Waals surface area contributed by atoms with E-state index in [1.165, 1.54) is 24.1 Å². The number of hydrogen-bond donors (Lipinski definition) is 1. The summed E-state index contributed by atoms with van der Waals surface area (Å²) in [5, 5.41) is 3.27. The molecule has 1 fully saturated rings. The number of nitrogens with zero attached hydrogens (tertiary/aromatic N) is 1. The minimum atomic E-state index is -0.662. The van der Waals surface area contributed by atoms with Gasteiger partial charge < -0.3 is 10.2 Å². The maximum absolute atomic E-state index is 13.9. The van der Waals surface area contributed by atoms with Crippen LogP contribution in [-0.2, 0) is 34.4 Å². The number of aryl methyl sites for hydroxylation is 1. The van der Waals surface area contributed by atoms with Crippen LogP contribution in [0.2, 0.25) is 0 Å². The number of nitrogens with one attached hydrogen (secondary N) is 1. The molecule has 1 aliphatic carbocycles. The molecule has 0 heterocycles. The standard InChI is InChI=1S/C35H43FN2O2/c1-35(2,3)29-19-14-26(15-20-29)18-23-33(39)38(25-28-16-21-30(36)22-17-28)32(24-27-10-6-4-7-11-27)34(40)37-31-12-8-5-9-13-31/h4,6-7,10-11,14-17,19-22,31-32H,5,8-9,12-13,18,23-25H2,1-3H3,(H,37,40)/t32-/m0/s1. The van der Waals surface area contributed by atoms with Crippen molar-refractivity contribution in [3.8, 4) is 0 Å². The molecule has 4 rings (SSSR count). The van der Waals surface area contributed by atoms with E-state index < -0.39 is 6.04 Å². The molecule has 1 aliphatic rings. The molecule has 1 saturated carbocycles. The molecule has 4 nitrogen and oxygen atoms in total. The second-order valence-corrected chi connectivity index (χ2v) is 12.1. The number of carbonyl (C=O) groups excluding carboxylic acids is 2. The first-order valence-corrected chi connectivity index (χ1v) is 14.7. The van der Waals surface area contributed by atoms with E-state index in [1.807, 2.05) is 30.3 Å². The minimum absolute atomic E-state index is 0.0661. The molecule has 0 aromatic heterocycles. The molecular formula is C35H43FN2O2. The van der Waals surface area contributed by atoms with Gasteiger partial charge in [-0.15, -0.1) is 0 Å². The lowest BCUT2D eigenvalue weighted by Gasteiger charge is -2.33. The van der Waals surface area contributed by atoms with Gasteiger partial charge in [-0.2, -0.15) is 0 Å². The summed E-state index contributed by atoms with van der Waals surface area (Å²) in [6.07, 6.45) is 6.67. The summed E-state index contributed by atoms with van der Waals surface area (Å²) < 4.78 is 13.7. The summed E-state index contributed by atoms with van der Waals surface area (Å²) in [6, 6.07) is 24.0. The highest BCUT2D eigenvalue weighted by Gasteiger charge is 2.31. The first kappa shape index (κ1) is 29.5. The first-order chi connectivity index (χ1) is 19.2. The lowest BCUT2D eigenvalue weighted by Crippen LogP contribution is -2.52. The smallest absolute Gasteiger partial charge is 0.243 e. The third-order valence-electron chi connectivity index (χ3n) is 7.94. The van der Waals surface area contributed by atoms with E-state index in [0.29, 0.717) is 12.8 Å². The highest BCUT2D eigenvalue weighted by Crippen LogP contribution is 2.24. The van der Waals surface area contributed by atoms with Gasteiger partial charge in [0.25, 0.3) is 0 Å². The number of benzene rings is 3. The molecule has 2 amide bonds. The molecule has 0 aliphatic heterocycles. The third kappa shape index (κ3) is 8.51. The summed E-state index contributed by atoms with van der Waals surface area (Å²) >= 11 is 0. The Morgan fingerprint density at radius 3 is 2.10 bits per heavy atom. The van der Waals surface area contributed by atoms with E-state index in [4.69, 9.17) is 0 Å². The summed E-state index contributed by atoms with van der Waals surface area (Å²) in [6.45, 7) is 6.80. The van der Waals surface area contributed by atoms with Crippen LogP contribution in [-0.4, -0.2) is 28.8 Å². The van der Waals surface area contributed by atoms with Gasteiger partial charge in [0.05, 0.1) is 0 Å². The van der Waals surface area contributed by atoms with Gasteiger partial charge in [0.15, 0.2) is 0 Å². The van der Waals surface area contributed by atoms with E-state index in [-0.39, 0.29) is 42.1 Å². The van der Waals surface area contributed by atoms with Gasteiger partial charge in [-0.3, -0.25) is 9.59 Å². The molecule has 5 heteroatoms. The topological polar surface area (TPSA) is 49.4 Å². The number of halogens is 1. The van der Waals surface area contributed by atoms with Crippen LogP contribution >= 0.6 is 0 Å². The number of amides is 2. The van der Waals surface area contributed by atoms with E-state index in [0.717, 1.165) is 42.4 Å². The van der Waals surface area contributed by atoms with Crippen molar-refractivity contribution in [3.05, 3.63) is 107 Å². The number of hydrogen-bond acceptors (Lipinski definition) is 2. The van der Waals surface area contributed by atoms with E-state index in [9.17, 15) is 14.0 Å². The lowest BCUT2D eigenvalue weighted by molar-refractivity contribution is -0.141. The Morgan fingerprint density at radius 2 is 1.48 bits per heavy atom. The zero-order valence-corrected chi connectivity index (χ0v) is 24.2. The van der Waals surface area contributed by atoms with Crippen LogP contribution in [0.1, 0.15) is 81.5 Å². The Labute approximate surface area is 239 Å². The fourth-order valence-corrected chi connectivity index (χ4v) is 5.45. The quantitative estimate of drug-likeness (QED) is 0.296. The third-order valence-corrected chi connectivity index (χ3v) is 7.94. The molecule has 3 aromatic carbocycles. The van der Waals surface area contributed by atoms with Crippen LogP contribution in [0.4, 0.5) is 4.39 Å². The average molecular weight is 543 g/mol. The van der Waals surface area contributed by atoms with Crippen LogP contribution in [0.5, 0.6) is 0 Å². The molecule has 0 radical (unpaired) electrons. The second kappa shape index (κ2) is 13.7. The lowest BCUT2D eigenvalue weighted by atomic mass is 9.86. The predicted octanol–water partition coefficient (Wildman–Crippen LogP) is 7.14. The van der Waals surface area contributed by atoms with Gasteiger partial charge in [0.2, 0.25) is 11.8 Å². The van der Waals surface area contributed by atoms with E-state index >= 15 is 0 Å². The number of carbonyl (C=O) groups is 2. The van der Waals surface area contributed by atoms with Gasteiger partial charge in [-0.25, -0.2) is 4.39 Å². The van der Waals surface area contributed by atoms with Crippen molar-refractivity contribution in [3.63, 3.8) is 0 Å². The minimum Gasteiger partial charge on any atom is -0.352 e. The molecule has 1 atom stereocenters. The van der Waals surface area contributed by atoms with Gasteiger partial charge in [0.1, 0.15) is 11.9 Å². The van der Waals surface area contributed by atoms with Gasteiger partial charge in [0, 0.05) is 25.4 Å². The largest absolute Gasteiger partial charge is 0.352 e. The summed E-state index contributed by atoms with van der Waals surface area (Å²) in [5.41, 5.74) is 4.21. The van der Waals surface area contributed by atoms with Crippen LogP contribution < -0.4 is 5.32 Å². The number of rotatable bonds is 10. The van der Waals surface area contributed by atoms with Crippen molar-refractivity contribution in [2.75, 3.05) is 0 Å². The predicted molar refractivity (Wildman–Crippen MR) is 159 cm³/mol. The summed E-state index contributed by atoms with van der Waals surface area (Å²) in [7, 11) is 0. The Morgan fingerprint density at radius 1 is 0.850 bits per heavy atom. The highest BCUT2D eigenvalue weighted by atomic mass is 19.1. The molecule has 0 saturated heterocycles. The zero-order valence-electron chi connectivity index (χ0n) is 24.2. The van der Waals surface area contributed by atoms with Crippen LogP contribution in [0, 0.1) is 5.82 Å². The van der Waals surface area contributed by atoms with Crippen molar-refractivity contribution in [2.24, 2.45) is 0 Å². The van der Waals surface area contributed by atoms with E-state index in [2.05, 4.69) is 50.4 Å². The average Bonchev–Trinajstić information content (AvgIpc) is 2.95. The Balaban J connectivity index is 1.58. The van der Waals surface area contributed by atoms with Gasteiger partial charge in [-0.1, -0.05) is 107 Å². The van der Waals surface area contributed by atoms with Gasteiger partial charge in [-0.05, 0) is 59.1 Å². The van der Waals surface area contributed by atoms with Crippen molar-refractivity contribution in [1.29, 1.82) is 0 Å². The second-order valence-electron chi connectivity index (χ2n) is 12.1. The maximum Gasteiger partial charge on any atom is 0.243 e. The molecule has 0 bridgehead atoms. The van der Waals surface area contributed by atoms with E-state index in [1.54, 1.807) is 17.0 Å². The molecule has 0 spiro atoms. The fourth-order valence-electron chi connectivity index (χ4n) is 5.45. The van der Waals surface area contributed by atoms with Crippen LogP contribution in [0.3, 0.4) is 0 Å². The van der Waals surface area contributed by atoms with Crippen molar-refractivity contribution >= 4 is 11.8 Å². The SMILES string of the molecule is CC(C)(C)c1ccc(CCC(=O)N(Cc2ccc(F)cc2)[C@@H](Cc2ccccc2)C(=O)NC2CCCCC2)cc1. The summed E-state index contributed by atoms with van der Waals surface area (Å²) in [4.78, 5) is 29.5. The monoisotopic (exact) mass is 542 g/mol. The van der Waals surface area contributed by atoms with Crippen molar-refractivity contribution in [2.45, 2.75) is 96.2 Å². The molecular weight excluding hydrogens is 499 g/mol. The zero-order chi connectivity index (χ0) is 28.5. The molecule has 40 heavy (non-hydrogen) atoms. The van der Waals surface area contributed by atoms with Crippen LogP contribution in [0.25, 0.3) is 0 Å². The molecule has 3 aromatic rings. The van der Waals surface area contributed by atoms with Crippen molar-refractivity contribution in [1.82, 2.24) is 10.2 Å². The Kier molecular flexibility index (Phi) is 10.1. The summed E-state index contributed by atoms with van der Waals surface area (Å²) in [5.74, 6) is -0.513. The molecule has 212 valence electrons. The molecule has 0 unspecified atom stereocenters. The highest BCUT2D eigenvalue weighted by molar-refractivity contribution is 5.88. The van der Waals surface area contributed by atoms with Crippen molar-refractivity contribution < 1.29 is 14.0 Å². The fraction of sp³-hybridized carbons (Fsp3) is 0.429. The van der Waals surface area contributed by atoms with Crippen LogP contribution in [0.15, 0.2) is 78.9 Å². The normalized spacial score (nSPS) is 14.9. The van der Waals surface area contributed by atoms with Gasteiger partial charge >= 0.3 is 0 Å².